The van der Waals surface area contributed by atoms with Gasteiger partial charge in [0.05, 0.1) is 12.2 Å². The summed E-state index contributed by atoms with van der Waals surface area (Å²) in [5, 5.41) is 11.2. The Morgan fingerprint density at radius 1 is 1.16 bits per heavy atom. The maximum absolute atomic E-state index is 12.3. The molecule has 166 valence electrons. The number of pyridine rings is 1. The van der Waals surface area contributed by atoms with Crippen LogP contribution in [0.2, 0.25) is 0 Å². The molecule has 4 heterocycles. The quantitative estimate of drug-likeness (QED) is 0.551. The third-order valence-electron chi connectivity index (χ3n) is 4.27. The van der Waals surface area contributed by atoms with E-state index in [4.69, 9.17) is 0 Å². The summed E-state index contributed by atoms with van der Waals surface area (Å²) in [6.07, 6.45) is 1.54. The van der Waals surface area contributed by atoms with Crippen LogP contribution in [0.15, 0.2) is 58.9 Å². The monoisotopic (exact) mass is 463 g/mol. The summed E-state index contributed by atoms with van der Waals surface area (Å²) in [6, 6.07) is 6.23. The number of ether oxygens (including phenoxy) is 1. The average molecular weight is 463 g/mol. The van der Waals surface area contributed by atoms with Gasteiger partial charge in [-0.05, 0) is 12.1 Å². The van der Waals surface area contributed by atoms with Crippen molar-refractivity contribution < 1.29 is 17.9 Å². The number of nitrogens with zero attached hydrogens (tertiary/aromatic N) is 7. The molecule has 0 amide bonds. The van der Waals surface area contributed by atoms with Gasteiger partial charge in [-0.15, -0.1) is 0 Å². The van der Waals surface area contributed by atoms with Crippen molar-refractivity contribution in [2.24, 2.45) is 5.10 Å². The van der Waals surface area contributed by atoms with Crippen LogP contribution in [0.5, 0.6) is 6.01 Å². The van der Waals surface area contributed by atoms with Crippen molar-refractivity contribution >= 4 is 16.8 Å². The Hall–Kier alpha value is -3.48. The summed E-state index contributed by atoms with van der Waals surface area (Å²) in [5.74, 6) is 0. The second kappa shape index (κ2) is 8.94. The molecule has 0 spiro atoms. The Bertz CT molecular complexity index is 1170. The minimum Gasteiger partial charge on any atom is -0.454 e. The molecule has 0 bridgehead atoms. The van der Waals surface area contributed by atoms with Crippen LogP contribution in [0.3, 0.4) is 0 Å². The summed E-state index contributed by atoms with van der Waals surface area (Å²) in [5.41, 5.74) is 1.46. The van der Waals surface area contributed by atoms with Gasteiger partial charge < -0.3 is 4.74 Å². The predicted octanol–water partition coefficient (Wildman–Crippen LogP) is 2.73. The molecule has 4 rings (SSSR count). The van der Waals surface area contributed by atoms with Crippen molar-refractivity contribution in [1.82, 2.24) is 29.7 Å². The minimum atomic E-state index is -4.48. The Morgan fingerprint density at radius 2 is 1.94 bits per heavy atom. The van der Waals surface area contributed by atoms with Gasteiger partial charge in [0.25, 0.3) is 5.56 Å². The second-order valence-electron chi connectivity index (χ2n) is 6.70. The molecule has 0 saturated carbocycles. The Labute approximate surface area is 184 Å². The molecule has 32 heavy (non-hydrogen) atoms. The summed E-state index contributed by atoms with van der Waals surface area (Å²) in [4.78, 5) is 24.0. The van der Waals surface area contributed by atoms with E-state index in [1.54, 1.807) is 17.4 Å². The Balaban J connectivity index is 1.48. The number of hydrogen-bond donors (Lipinski definition) is 0. The smallest absolute Gasteiger partial charge is 0.422 e. The van der Waals surface area contributed by atoms with Gasteiger partial charge in [0.15, 0.2) is 6.61 Å². The highest BCUT2D eigenvalue weighted by atomic mass is 32.2. The number of hydrazone groups is 1. The first-order chi connectivity index (χ1) is 15.3. The van der Waals surface area contributed by atoms with Gasteiger partial charge in [-0.25, -0.2) is 14.6 Å². The van der Waals surface area contributed by atoms with Crippen molar-refractivity contribution in [3.05, 3.63) is 65.0 Å². The average Bonchev–Trinajstić information content (AvgIpc) is 3.14. The van der Waals surface area contributed by atoms with E-state index in [9.17, 15) is 18.0 Å². The molecule has 1 aliphatic rings. The minimum absolute atomic E-state index is 0.0600. The Morgan fingerprint density at radius 3 is 2.62 bits per heavy atom. The van der Waals surface area contributed by atoms with Gasteiger partial charge in [-0.1, -0.05) is 17.8 Å². The van der Waals surface area contributed by atoms with E-state index in [-0.39, 0.29) is 17.5 Å². The van der Waals surface area contributed by atoms with Gasteiger partial charge in [-0.3, -0.25) is 14.8 Å². The van der Waals surface area contributed by atoms with E-state index < -0.39 is 18.8 Å². The normalized spacial score (nSPS) is 16.2. The lowest BCUT2D eigenvalue weighted by Gasteiger charge is -2.17. The molecule has 0 radical (unpaired) electrons. The van der Waals surface area contributed by atoms with Crippen molar-refractivity contribution in [2.45, 2.75) is 18.1 Å². The van der Waals surface area contributed by atoms with E-state index in [0.29, 0.717) is 16.3 Å². The predicted molar refractivity (Wildman–Crippen MR) is 111 cm³/mol. The maximum atomic E-state index is 12.3. The molecule has 1 atom stereocenters. The largest absolute Gasteiger partial charge is 0.454 e. The number of thioether (sulfide) groups is 1. The fourth-order valence-corrected chi connectivity index (χ4v) is 3.95. The summed E-state index contributed by atoms with van der Waals surface area (Å²) in [7, 11) is 1.84. The van der Waals surface area contributed by atoms with Crippen LogP contribution in [-0.2, 0) is 6.54 Å². The molecule has 0 aliphatic carbocycles. The van der Waals surface area contributed by atoms with Gasteiger partial charge in [0.1, 0.15) is 10.4 Å². The van der Waals surface area contributed by atoms with Crippen molar-refractivity contribution in [3.8, 4) is 17.3 Å². The first-order valence-electron chi connectivity index (χ1n) is 9.25. The van der Waals surface area contributed by atoms with Gasteiger partial charge in [0.2, 0.25) is 0 Å². The topological polar surface area (TPSA) is 98.4 Å². The summed E-state index contributed by atoms with van der Waals surface area (Å²) in [6.45, 7) is -1.32. The number of hydrogen-bond acceptors (Lipinski definition) is 9. The van der Waals surface area contributed by atoms with Crippen LogP contribution in [0.25, 0.3) is 11.3 Å². The zero-order valence-electron chi connectivity index (χ0n) is 16.6. The number of rotatable bonds is 6. The van der Waals surface area contributed by atoms with E-state index in [0.717, 1.165) is 5.56 Å². The number of alkyl halides is 3. The molecule has 0 fully saturated rings. The molecule has 9 nitrogen and oxygen atoms in total. The lowest BCUT2D eigenvalue weighted by molar-refractivity contribution is -0.154. The van der Waals surface area contributed by atoms with Crippen molar-refractivity contribution in [2.75, 3.05) is 13.7 Å². The van der Waals surface area contributed by atoms with Gasteiger partial charge in [0, 0.05) is 49.0 Å². The molecule has 0 N–H and O–H groups in total. The van der Waals surface area contributed by atoms with Gasteiger partial charge >= 0.3 is 12.2 Å². The molecular weight excluding hydrogens is 447 g/mol. The van der Waals surface area contributed by atoms with Crippen LogP contribution in [0, 0.1) is 0 Å². The third-order valence-corrected chi connectivity index (χ3v) is 5.55. The maximum Gasteiger partial charge on any atom is 0.422 e. The van der Waals surface area contributed by atoms with E-state index in [1.807, 2.05) is 19.2 Å². The van der Waals surface area contributed by atoms with Crippen LogP contribution in [0.4, 0.5) is 13.2 Å². The van der Waals surface area contributed by atoms with Crippen LogP contribution in [0.1, 0.15) is 10.9 Å². The fraction of sp³-hybridized carbons (Fsp3) is 0.263. The first-order valence-corrected chi connectivity index (χ1v) is 10.1. The van der Waals surface area contributed by atoms with E-state index in [1.165, 1.54) is 41.0 Å². The molecular formula is C19H16F3N7O2S. The van der Waals surface area contributed by atoms with E-state index >= 15 is 0 Å². The highest BCUT2D eigenvalue weighted by Gasteiger charge is 2.29. The molecule has 0 saturated heterocycles. The fourth-order valence-electron chi connectivity index (χ4n) is 2.85. The number of halogens is 3. The summed E-state index contributed by atoms with van der Waals surface area (Å²) < 4.78 is 42.5. The molecule has 3 aromatic rings. The zero-order valence-corrected chi connectivity index (χ0v) is 17.4. The van der Waals surface area contributed by atoms with Crippen LogP contribution >= 0.6 is 11.8 Å². The molecule has 0 aromatic carbocycles. The highest BCUT2D eigenvalue weighted by Crippen LogP contribution is 2.37. The zero-order chi connectivity index (χ0) is 22.7. The molecule has 3 aromatic heterocycles. The SMILES string of the molecule is CN1N=C(Cn2nc(-c3cnc(OCC(F)(F)F)nc3)ccc2=O)SC1c1cccnc1. The first kappa shape index (κ1) is 21.7. The molecule has 13 heteroatoms. The van der Waals surface area contributed by atoms with Crippen molar-refractivity contribution in [1.29, 1.82) is 0 Å². The standard InChI is InChI=1S/C19H16F3N7O2S/c1-28-17(12-3-2-6-23-7-12)32-15(27-28)10-29-16(30)5-4-14(26-29)13-8-24-18(25-9-13)31-11-19(20,21)22/h2-9,17H,10-11H2,1H3. The van der Waals surface area contributed by atoms with E-state index in [2.05, 4.69) is 29.9 Å². The lowest BCUT2D eigenvalue weighted by atomic mass is 10.2. The Kier molecular flexibility index (Phi) is 6.08. The second-order valence-corrected chi connectivity index (χ2v) is 7.85. The third kappa shape index (κ3) is 5.22. The van der Waals surface area contributed by atoms with Crippen LogP contribution in [-0.4, -0.2) is 54.6 Å². The number of aromatic nitrogens is 5. The van der Waals surface area contributed by atoms with Gasteiger partial charge in [-0.2, -0.15) is 23.4 Å². The molecule has 1 aliphatic heterocycles. The molecule has 1 unspecified atom stereocenters. The van der Waals surface area contributed by atoms with Crippen molar-refractivity contribution in [3.63, 3.8) is 0 Å². The van der Waals surface area contributed by atoms with Crippen LogP contribution < -0.4 is 10.3 Å². The lowest BCUT2D eigenvalue weighted by Crippen LogP contribution is -2.25. The highest BCUT2D eigenvalue weighted by molar-refractivity contribution is 8.14. The summed E-state index contributed by atoms with van der Waals surface area (Å²) >= 11 is 1.49.